The fourth-order valence-corrected chi connectivity index (χ4v) is 2.93. The van der Waals surface area contributed by atoms with Crippen LogP contribution in [0.4, 0.5) is 11.5 Å². The molecule has 0 atom stereocenters. The number of carbonyl (C=O) groups excluding carboxylic acids is 1. The van der Waals surface area contributed by atoms with Crippen LogP contribution in [0.3, 0.4) is 0 Å². The maximum atomic E-state index is 13.2. The molecule has 0 aliphatic carbocycles. The predicted octanol–water partition coefficient (Wildman–Crippen LogP) is 1.97. The standard InChI is InChI=1S/C18H27N5O4/c1-5-7-9-22(17(25)13-11(3)21-27-12(13)4)14-15(19)23(10-8-6-2)18(26)20-16(14)24/h5-10,19H2,1-4H3,(H,20,24,26). The molecule has 0 aromatic carbocycles. The van der Waals surface area contributed by atoms with Crippen LogP contribution in [-0.4, -0.2) is 27.2 Å². The molecule has 2 rings (SSSR count). The van der Waals surface area contributed by atoms with E-state index in [2.05, 4.69) is 10.1 Å². The molecule has 0 radical (unpaired) electrons. The van der Waals surface area contributed by atoms with Crippen molar-refractivity contribution in [1.82, 2.24) is 14.7 Å². The highest BCUT2D eigenvalue weighted by molar-refractivity contribution is 6.08. The highest BCUT2D eigenvalue weighted by Crippen LogP contribution is 2.23. The molecule has 2 aromatic rings. The first-order valence-corrected chi connectivity index (χ1v) is 9.20. The van der Waals surface area contributed by atoms with Crippen molar-refractivity contribution in [2.24, 2.45) is 0 Å². The lowest BCUT2D eigenvalue weighted by atomic mass is 10.1. The molecule has 0 unspecified atom stereocenters. The van der Waals surface area contributed by atoms with Crippen LogP contribution < -0.4 is 21.9 Å². The summed E-state index contributed by atoms with van der Waals surface area (Å²) in [5.41, 5.74) is 5.65. The molecule has 0 bridgehead atoms. The summed E-state index contributed by atoms with van der Waals surface area (Å²) in [6, 6.07) is 0. The lowest BCUT2D eigenvalue weighted by molar-refractivity contribution is 0.0984. The molecule has 148 valence electrons. The molecule has 0 fully saturated rings. The van der Waals surface area contributed by atoms with Gasteiger partial charge in [0.25, 0.3) is 11.5 Å². The first-order chi connectivity index (χ1) is 12.8. The number of aryl methyl sites for hydroxylation is 2. The number of amides is 1. The minimum atomic E-state index is -0.679. The summed E-state index contributed by atoms with van der Waals surface area (Å²) < 4.78 is 6.40. The Morgan fingerprint density at radius 3 is 2.44 bits per heavy atom. The first kappa shape index (κ1) is 20.5. The predicted molar refractivity (Wildman–Crippen MR) is 103 cm³/mol. The number of nitrogens with one attached hydrogen (secondary N) is 1. The third-order valence-electron chi connectivity index (χ3n) is 4.45. The number of rotatable bonds is 8. The Morgan fingerprint density at radius 2 is 1.89 bits per heavy atom. The van der Waals surface area contributed by atoms with Gasteiger partial charge < -0.3 is 15.2 Å². The maximum absolute atomic E-state index is 13.2. The van der Waals surface area contributed by atoms with Gasteiger partial charge in [-0.1, -0.05) is 31.8 Å². The quantitative estimate of drug-likeness (QED) is 0.724. The van der Waals surface area contributed by atoms with E-state index in [1.807, 2.05) is 13.8 Å². The van der Waals surface area contributed by atoms with Crippen molar-refractivity contribution in [2.45, 2.75) is 59.9 Å². The van der Waals surface area contributed by atoms with E-state index in [0.29, 0.717) is 36.5 Å². The molecule has 9 nitrogen and oxygen atoms in total. The summed E-state index contributed by atoms with van der Waals surface area (Å²) in [4.78, 5) is 41.5. The molecule has 3 N–H and O–H groups in total. The van der Waals surface area contributed by atoms with E-state index in [1.54, 1.807) is 13.8 Å². The molecule has 0 aliphatic rings. The molecule has 27 heavy (non-hydrogen) atoms. The summed E-state index contributed by atoms with van der Waals surface area (Å²) >= 11 is 0. The fraction of sp³-hybridized carbons (Fsp3) is 0.556. The molecule has 0 saturated carbocycles. The van der Waals surface area contributed by atoms with Gasteiger partial charge in [0.1, 0.15) is 17.1 Å². The molecule has 0 saturated heterocycles. The van der Waals surface area contributed by atoms with Gasteiger partial charge in [-0.05, 0) is 26.7 Å². The molecule has 1 amide bonds. The van der Waals surface area contributed by atoms with E-state index in [1.165, 1.54) is 9.47 Å². The smallest absolute Gasteiger partial charge is 0.330 e. The molecule has 2 heterocycles. The van der Waals surface area contributed by atoms with Gasteiger partial charge in [0.05, 0.1) is 5.69 Å². The second kappa shape index (κ2) is 8.70. The molecular weight excluding hydrogens is 350 g/mol. The number of carbonyl (C=O) groups is 1. The van der Waals surface area contributed by atoms with Crippen LogP contribution in [0.2, 0.25) is 0 Å². The fourth-order valence-electron chi connectivity index (χ4n) is 2.93. The summed E-state index contributed by atoms with van der Waals surface area (Å²) in [5.74, 6) is -0.0562. The van der Waals surface area contributed by atoms with Gasteiger partial charge in [-0.2, -0.15) is 0 Å². The largest absolute Gasteiger partial charge is 0.383 e. The Balaban J connectivity index is 2.62. The molecule has 0 spiro atoms. The van der Waals surface area contributed by atoms with Crippen molar-refractivity contribution in [1.29, 1.82) is 0 Å². The van der Waals surface area contributed by atoms with Gasteiger partial charge in [-0.3, -0.25) is 19.1 Å². The molecular formula is C18H27N5O4. The zero-order valence-corrected chi connectivity index (χ0v) is 16.3. The summed E-state index contributed by atoms with van der Waals surface area (Å²) in [6.07, 6.45) is 3.07. The number of nitrogens with two attached hydrogens (primary N) is 1. The highest BCUT2D eigenvalue weighted by atomic mass is 16.5. The third kappa shape index (κ3) is 4.12. The summed E-state index contributed by atoms with van der Waals surface area (Å²) in [5, 5.41) is 3.82. The minimum Gasteiger partial charge on any atom is -0.383 e. The number of H-pyrrole nitrogens is 1. The Morgan fingerprint density at radius 1 is 1.22 bits per heavy atom. The van der Waals surface area contributed by atoms with Crippen LogP contribution in [0, 0.1) is 13.8 Å². The zero-order chi connectivity index (χ0) is 20.1. The number of nitrogen functional groups attached to an aromatic ring is 1. The normalized spacial score (nSPS) is 11.0. The van der Waals surface area contributed by atoms with Gasteiger partial charge >= 0.3 is 5.69 Å². The number of nitrogens with zero attached hydrogens (tertiary/aromatic N) is 3. The molecule has 9 heteroatoms. The topological polar surface area (TPSA) is 127 Å². The average Bonchev–Trinajstić information content (AvgIpc) is 2.95. The van der Waals surface area contributed by atoms with E-state index in [-0.39, 0.29) is 11.5 Å². The van der Waals surface area contributed by atoms with Crippen molar-refractivity contribution in [3.8, 4) is 0 Å². The minimum absolute atomic E-state index is 0.00610. The van der Waals surface area contributed by atoms with E-state index in [4.69, 9.17) is 10.3 Å². The van der Waals surface area contributed by atoms with Gasteiger partial charge in [-0.25, -0.2) is 4.79 Å². The van der Waals surface area contributed by atoms with Crippen molar-refractivity contribution in [3.63, 3.8) is 0 Å². The van der Waals surface area contributed by atoms with E-state index in [9.17, 15) is 14.4 Å². The van der Waals surface area contributed by atoms with E-state index >= 15 is 0 Å². The van der Waals surface area contributed by atoms with E-state index < -0.39 is 17.2 Å². The van der Waals surface area contributed by atoms with Crippen LogP contribution in [0.1, 0.15) is 61.3 Å². The zero-order valence-electron chi connectivity index (χ0n) is 16.3. The monoisotopic (exact) mass is 377 g/mol. The van der Waals surface area contributed by atoms with Crippen LogP contribution in [0.15, 0.2) is 14.1 Å². The maximum Gasteiger partial charge on any atom is 0.330 e. The Bertz CT molecular complexity index is 905. The van der Waals surface area contributed by atoms with Crippen LogP contribution >= 0.6 is 0 Å². The lowest BCUT2D eigenvalue weighted by Gasteiger charge is -2.24. The Labute approximate surface area is 157 Å². The number of hydrogen-bond donors (Lipinski definition) is 2. The number of hydrogen-bond acceptors (Lipinski definition) is 6. The number of unbranched alkanes of at least 4 members (excludes halogenated alkanes) is 2. The van der Waals surface area contributed by atoms with Gasteiger partial charge in [-0.15, -0.1) is 0 Å². The van der Waals surface area contributed by atoms with Crippen LogP contribution in [0.5, 0.6) is 0 Å². The Kier molecular flexibility index (Phi) is 6.59. The number of anilines is 2. The van der Waals surface area contributed by atoms with Crippen molar-refractivity contribution in [2.75, 3.05) is 17.2 Å². The lowest BCUT2D eigenvalue weighted by Crippen LogP contribution is -2.42. The van der Waals surface area contributed by atoms with E-state index in [0.717, 1.165) is 19.3 Å². The number of aromatic nitrogens is 3. The van der Waals surface area contributed by atoms with Crippen LogP contribution in [0.25, 0.3) is 0 Å². The average molecular weight is 377 g/mol. The second-order valence-electron chi connectivity index (χ2n) is 6.51. The first-order valence-electron chi connectivity index (χ1n) is 9.20. The van der Waals surface area contributed by atoms with Crippen LogP contribution in [-0.2, 0) is 6.54 Å². The number of aromatic amines is 1. The van der Waals surface area contributed by atoms with Crippen molar-refractivity contribution in [3.05, 3.63) is 37.9 Å². The van der Waals surface area contributed by atoms with Gasteiger partial charge in [0.2, 0.25) is 0 Å². The van der Waals surface area contributed by atoms with Gasteiger partial charge in [0.15, 0.2) is 5.69 Å². The highest BCUT2D eigenvalue weighted by Gasteiger charge is 2.28. The molecule has 0 aliphatic heterocycles. The summed E-state index contributed by atoms with van der Waals surface area (Å²) in [6.45, 7) is 7.93. The third-order valence-corrected chi connectivity index (χ3v) is 4.45. The SMILES string of the molecule is CCCCN(C(=O)c1c(C)noc1C)c1c(N)n(CCCC)c(=O)[nH]c1=O. The Hall–Kier alpha value is -2.84. The van der Waals surface area contributed by atoms with Gasteiger partial charge in [0, 0.05) is 13.1 Å². The van der Waals surface area contributed by atoms with Crippen molar-refractivity contribution < 1.29 is 9.32 Å². The molecule has 2 aromatic heterocycles. The second-order valence-corrected chi connectivity index (χ2v) is 6.51. The van der Waals surface area contributed by atoms with Crippen molar-refractivity contribution >= 4 is 17.4 Å². The summed E-state index contributed by atoms with van der Waals surface area (Å²) in [7, 11) is 0.